The van der Waals surface area contributed by atoms with E-state index in [0.29, 0.717) is 0 Å². The van der Waals surface area contributed by atoms with Gasteiger partial charge in [0.15, 0.2) is 5.11 Å². The van der Waals surface area contributed by atoms with Crippen molar-refractivity contribution in [1.82, 2.24) is 5.32 Å². The lowest BCUT2D eigenvalue weighted by Gasteiger charge is -2.11. The summed E-state index contributed by atoms with van der Waals surface area (Å²) in [5.41, 5.74) is 1.76. The maximum Gasteiger partial charge on any atom is 0.260 e. The summed E-state index contributed by atoms with van der Waals surface area (Å²) in [7, 11) is 0. The Hall–Kier alpha value is -1.79. The molecule has 0 atom stereocenters. The molecule has 6 heteroatoms. The second-order valence-electron chi connectivity index (χ2n) is 4.37. The van der Waals surface area contributed by atoms with Gasteiger partial charge in [0.25, 0.3) is 5.91 Å². The number of aryl methyl sites for hydroxylation is 1. The number of thiocarbonyl (C=S) groups is 1. The average molecular weight is 367 g/mol. The molecule has 2 rings (SSSR count). The highest BCUT2D eigenvalue weighted by molar-refractivity contribution is 9.10. The van der Waals surface area contributed by atoms with Crippen LogP contribution in [0.2, 0.25) is 0 Å². The summed E-state index contributed by atoms with van der Waals surface area (Å²) in [6, 6.07) is 11.4. The van der Waals surface area contributed by atoms with E-state index in [1.54, 1.807) is 6.07 Å². The Morgan fingerprint density at radius 3 is 2.62 bits per heavy atom. The van der Waals surface area contributed by atoms with Crippen LogP contribution < -0.4 is 10.6 Å². The van der Waals surface area contributed by atoms with Gasteiger partial charge in [0, 0.05) is 4.47 Å². The van der Waals surface area contributed by atoms with Crippen LogP contribution in [0.3, 0.4) is 0 Å². The maximum atomic E-state index is 13.5. The van der Waals surface area contributed by atoms with Gasteiger partial charge in [-0.05, 0) is 64.9 Å². The van der Waals surface area contributed by atoms with Crippen LogP contribution in [-0.4, -0.2) is 11.0 Å². The predicted molar refractivity (Wildman–Crippen MR) is 89.0 cm³/mol. The standard InChI is InChI=1S/C15H12BrFN2OS/c1-9-6-7-13(11(16)8-9)18-15(21)19-14(20)10-4-2-3-5-12(10)17/h2-8H,1H3,(H2,18,19,20,21). The molecule has 1 amide bonds. The highest BCUT2D eigenvalue weighted by Gasteiger charge is 2.12. The fourth-order valence-electron chi connectivity index (χ4n) is 1.69. The van der Waals surface area contributed by atoms with Crippen molar-refractivity contribution in [2.45, 2.75) is 6.92 Å². The molecule has 0 aliphatic rings. The molecule has 0 aliphatic heterocycles. The summed E-state index contributed by atoms with van der Waals surface area (Å²) in [4.78, 5) is 11.9. The number of amides is 1. The third kappa shape index (κ3) is 4.09. The number of nitrogens with one attached hydrogen (secondary N) is 2. The minimum atomic E-state index is -0.589. The molecule has 0 unspecified atom stereocenters. The first-order valence-corrected chi connectivity index (χ1v) is 7.30. The van der Waals surface area contributed by atoms with Crippen molar-refractivity contribution in [2.75, 3.05) is 5.32 Å². The van der Waals surface area contributed by atoms with Gasteiger partial charge >= 0.3 is 0 Å². The van der Waals surface area contributed by atoms with Crippen molar-refractivity contribution in [1.29, 1.82) is 0 Å². The van der Waals surface area contributed by atoms with Gasteiger partial charge in [-0.2, -0.15) is 0 Å². The molecule has 0 fully saturated rings. The minimum absolute atomic E-state index is 0.0513. The number of halogens is 2. The zero-order valence-corrected chi connectivity index (χ0v) is 13.5. The van der Waals surface area contributed by atoms with E-state index in [2.05, 4.69) is 26.6 Å². The van der Waals surface area contributed by atoms with E-state index in [4.69, 9.17) is 12.2 Å². The van der Waals surface area contributed by atoms with Crippen molar-refractivity contribution in [3.8, 4) is 0 Å². The fraction of sp³-hybridized carbons (Fsp3) is 0.0667. The molecule has 0 aromatic heterocycles. The minimum Gasteiger partial charge on any atom is -0.331 e. The van der Waals surface area contributed by atoms with Gasteiger partial charge < -0.3 is 5.32 Å². The van der Waals surface area contributed by atoms with Crippen molar-refractivity contribution in [2.24, 2.45) is 0 Å². The van der Waals surface area contributed by atoms with Gasteiger partial charge in [-0.25, -0.2) is 4.39 Å². The van der Waals surface area contributed by atoms with Crippen molar-refractivity contribution >= 4 is 44.9 Å². The van der Waals surface area contributed by atoms with E-state index in [1.807, 2.05) is 25.1 Å². The Labute approximate surface area is 135 Å². The van der Waals surface area contributed by atoms with E-state index >= 15 is 0 Å². The molecule has 2 aromatic carbocycles. The van der Waals surface area contributed by atoms with Crippen molar-refractivity contribution in [3.05, 3.63) is 63.9 Å². The Kier molecular flexibility index (Phi) is 5.03. The van der Waals surface area contributed by atoms with Crippen LogP contribution in [0.5, 0.6) is 0 Å². The van der Waals surface area contributed by atoms with E-state index in [-0.39, 0.29) is 10.7 Å². The quantitative estimate of drug-likeness (QED) is 0.788. The molecule has 0 bridgehead atoms. The number of carbonyl (C=O) groups is 1. The summed E-state index contributed by atoms with van der Waals surface area (Å²) >= 11 is 8.47. The van der Waals surface area contributed by atoms with Crippen LogP contribution in [0.15, 0.2) is 46.9 Å². The van der Waals surface area contributed by atoms with E-state index < -0.39 is 11.7 Å². The highest BCUT2D eigenvalue weighted by Crippen LogP contribution is 2.23. The average Bonchev–Trinajstić information content (AvgIpc) is 2.42. The lowest BCUT2D eigenvalue weighted by Crippen LogP contribution is -2.34. The SMILES string of the molecule is Cc1ccc(NC(=S)NC(=O)c2ccccc2F)c(Br)c1. The summed E-state index contributed by atoms with van der Waals surface area (Å²) in [5.74, 6) is -1.18. The van der Waals surface area contributed by atoms with E-state index in [1.165, 1.54) is 18.2 Å². The smallest absolute Gasteiger partial charge is 0.260 e. The van der Waals surface area contributed by atoms with Crippen LogP contribution in [0, 0.1) is 12.7 Å². The molecule has 2 N–H and O–H groups in total. The normalized spacial score (nSPS) is 10.0. The van der Waals surface area contributed by atoms with Gasteiger partial charge in [-0.3, -0.25) is 10.1 Å². The highest BCUT2D eigenvalue weighted by atomic mass is 79.9. The zero-order valence-electron chi connectivity index (χ0n) is 11.1. The third-order valence-corrected chi connectivity index (χ3v) is 3.58. The molecule has 0 heterocycles. The van der Waals surface area contributed by atoms with Gasteiger partial charge in [0.2, 0.25) is 0 Å². The number of benzene rings is 2. The Morgan fingerprint density at radius 2 is 1.95 bits per heavy atom. The predicted octanol–water partition coefficient (Wildman–Crippen LogP) is 4.02. The van der Waals surface area contributed by atoms with Gasteiger partial charge in [0.05, 0.1) is 11.3 Å². The first-order valence-electron chi connectivity index (χ1n) is 6.10. The number of hydrogen-bond donors (Lipinski definition) is 2. The molecule has 0 saturated heterocycles. The molecule has 0 aliphatic carbocycles. The van der Waals surface area contributed by atoms with Crippen molar-refractivity contribution in [3.63, 3.8) is 0 Å². The summed E-state index contributed by atoms with van der Waals surface area (Å²) in [6.07, 6.45) is 0. The second kappa shape index (κ2) is 6.78. The number of anilines is 1. The fourth-order valence-corrected chi connectivity index (χ4v) is 2.49. The maximum absolute atomic E-state index is 13.5. The molecule has 0 radical (unpaired) electrons. The molecular formula is C15H12BrFN2OS. The summed E-state index contributed by atoms with van der Waals surface area (Å²) < 4.78 is 14.3. The molecule has 0 saturated carbocycles. The molecule has 108 valence electrons. The second-order valence-corrected chi connectivity index (χ2v) is 5.63. The Bertz CT molecular complexity index is 706. The topological polar surface area (TPSA) is 41.1 Å². The molecule has 3 nitrogen and oxygen atoms in total. The Balaban J connectivity index is 2.05. The summed E-state index contributed by atoms with van der Waals surface area (Å²) in [6.45, 7) is 1.97. The van der Waals surface area contributed by atoms with E-state index in [9.17, 15) is 9.18 Å². The van der Waals surface area contributed by atoms with Gasteiger partial charge in [-0.15, -0.1) is 0 Å². The number of rotatable bonds is 2. The molecule has 21 heavy (non-hydrogen) atoms. The first kappa shape index (κ1) is 15.6. The van der Waals surface area contributed by atoms with Gasteiger partial charge in [-0.1, -0.05) is 18.2 Å². The largest absolute Gasteiger partial charge is 0.331 e. The van der Waals surface area contributed by atoms with Crippen LogP contribution in [0.1, 0.15) is 15.9 Å². The molecular weight excluding hydrogens is 355 g/mol. The van der Waals surface area contributed by atoms with Crippen molar-refractivity contribution < 1.29 is 9.18 Å². The lowest BCUT2D eigenvalue weighted by atomic mass is 10.2. The van der Waals surface area contributed by atoms with Crippen LogP contribution in [0.25, 0.3) is 0 Å². The lowest BCUT2D eigenvalue weighted by molar-refractivity contribution is 0.0974. The van der Waals surface area contributed by atoms with Gasteiger partial charge in [0.1, 0.15) is 5.82 Å². The van der Waals surface area contributed by atoms with Crippen LogP contribution >= 0.6 is 28.1 Å². The third-order valence-electron chi connectivity index (χ3n) is 2.72. The van der Waals surface area contributed by atoms with Crippen LogP contribution in [0.4, 0.5) is 10.1 Å². The molecule has 0 spiro atoms. The Morgan fingerprint density at radius 1 is 1.24 bits per heavy atom. The van der Waals surface area contributed by atoms with Crippen LogP contribution in [-0.2, 0) is 0 Å². The summed E-state index contributed by atoms with van der Waals surface area (Å²) in [5, 5.41) is 5.44. The first-order chi connectivity index (χ1) is 9.97. The monoisotopic (exact) mass is 366 g/mol. The number of carbonyl (C=O) groups excluding carboxylic acids is 1. The number of hydrogen-bond acceptors (Lipinski definition) is 2. The van der Waals surface area contributed by atoms with E-state index in [0.717, 1.165) is 15.7 Å². The molecule has 2 aromatic rings. The zero-order chi connectivity index (χ0) is 15.4.